The van der Waals surface area contributed by atoms with Gasteiger partial charge in [-0.2, -0.15) is 4.31 Å². The first-order chi connectivity index (χ1) is 12.7. The Morgan fingerprint density at radius 1 is 1.19 bits per heavy atom. The maximum Gasteiger partial charge on any atom is 0.307 e. The van der Waals surface area contributed by atoms with Crippen molar-refractivity contribution in [1.29, 1.82) is 0 Å². The molecule has 0 saturated heterocycles. The minimum absolute atomic E-state index is 0.0371. The summed E-state index contributed by atoms with van der Waals surface area (Å²) in [5.74, 6) is -0.382. The van der Waals surface area contributed by atoms with E-state index < -0.39 is 16.1 Å². The van der Waals surface area contributed by atoms with Crippen LogP contribution in [0, 0.1) is 6.92 Å². The second kappa shape index (κ2) is 11.4. The Morgan fingerprint density at radius 3 is 2.33 bits per heavy atom. The zero-order valence-corrected chi connectivity index (χ0v) is 17.8. The van der Waals surface area contributed by atoms with Crippen LogP contribution >= 0.6 is 0 Å². The predicted octanol–water partition coefficient (Wildman–Crippen LogP) is 3.24. The lowest BCUT2D eigenvalue weighted by Gasteiger charge is -2.32. The van der Waals surface area contributed by atoms with Gasteiger partial charge in [0.25, 0.3) is 0 Å². The highest BCUT2D eigenvalue weighted by Gasteiger charge is 2.33. The van der Waals surface area contributed by atoms with Gasteiger partial charge in [-0.15, -0.1) is 0 Å². The maximum atomic E-state index is 13.3. The lowest BCUT2D eigenvalue weighted by atomic mass is 10.1. The first-order valence-electron chi connectivity index (χ1n) is 9.72. The van der Waals surface area contributed by atoms with Crippen LogP contribution in [0.1, 0.15) is 58.4 Å². The number of aryl methyl sites for hydroxylation is 1. The van der Waals surface area contributed by atoms with E-state index in [4.69, 9.17) is 10.5 Å². The molecule has 154 valence electrons. The molecule has 0 aliphatic heterocycles. The molecule has 0 amide bonds. The van der Waals surface area contributed by atoms with Crippen LogP contribution in [-0.2, 0) is 19.6 Å². The van der Waals surface area contributed by atoms with Crippen LogP contribution < -0.4 is 5.73 Å². The summed E-state index contributed by atoms with van der Waals surface area (Å²) < 4.78 is 33.1. The number of sulfonamides is 1. The Balaban J connectivity index is 3.21. The number of carbonyl (C=O) groups excluding carboxylic acids is 1. The smallest absolute Gasteiger partial charge is 0.307 e. The van der Waals surface area contributed by atoms with Crippen molar-refractivity contribution in [2.24, 2.45) is 5.73 Å². The summed E-state index contributed by atoms with van der Waals surface area (Å²) in [5, 5.41) is 0. The molecule has 2 atom stereocenters. The Labute approximate surface area is 164 Å². The van der Waals surface area contributed by atoms with Gasteiger partial charge in [0.05, 0.1) is 17.9 Å². The number of benzene rings is 1. The van der Waals surface area contributed by atoms with Gasteiger partial charge < -0.3 is 10.5 Å². The fraction of sp³-hybridized carbons (Fsp3) is 0.650. The molecule has 7 heteroatoms. The average Bonchev–Trinajstić information content (AvgIpc) is 2.59. The molecule has 1 aromatic carbocycles. The number of rotatable bonds is 12. The van der Waals surface area contributed by atoms with Crippen LogP contribution in [0.4, 0.5) is 0 Å². The number of nitrogens with zero attached hydrogens (tertiary/aromatic N) is 1. The fourth-order valence-corrected chi connectivity index (χ4v) is 4.72. The monoisotopic (exact) mass is 398 g/mol. The lowest BCUT2D eigenvalue weighted by molar-refractivity contribution is -0.144. The van der Waals surface area contributed by atoms with E-state index in [-0.39, 0.29) is 36.5 Å². The summed E-state index contributed by atoms with van der Waals surface area (Å²) in [6, 6.07) is 5.94. The molecule has 0 heterocycles. The molecular formula is C20H34N2O4S. The lowest BCUT2D eigenvalue weighted by Crippen LogP contribution is -2.47. The van der Waals surface area contributed by atoms with Crippen LogP contribution in [0.2, 0.25) is 0 Å². The van der Waals surface area contributed by atoms with E-state index in [1.807, 2.05) is 6.92 Å². The maximum absolute atomic E-state index is 13.3. The van der Waals surface area contributed by atoms with E-state index in [0.29, 0.717) is 6.42 Å². The summed E-state index contributed by atoms with van der Waals surface area (Å²) in [6.07, 6.45) is 3.49. The van der Waals surface area contributed by atoms with E-state index in [2.05, 4.69) is 6.92 Å². The van der Waals surface area contributed by atoms with Gasteiger partial charge in [0.2, 0.25) is 10.0 Å². The van der Waals surface area contributed by atoms with Gasteiger partial charge in [-0.1, -0.05) is 43.9 Å². The molecule has 6 nitrogen and oxygen atoms in total. The number of nitrogens with two attached hydrogens (primary N) is 1. The number of carbonyl (C=O) groups is 1. The topological polar surface area (TPSA) is 89.7 Å². The van der Waals surface area contributed by atoms with Crippen molar-refractivity contribution in [2.75, 3.05) is 13.2 Å². The van der Waals surface area contributed by atoms with E-state index in [1.54, 1.807) is 38.1 Å². The van der Waals surface area contributed by atoms with Gasteiger partial charge in [0, 0.05) is 18.6 Å². The zero-order valence-electron chi connectivity index (χ0n) is 17.0. The van der Waals surface area contributed by atoms with Crippen LogP contribution in [0.15, 0.2) is 29.2 Å². The van der Waals surface area contributed by atoms with Gasteiger partial charge in [-0.05, 0) is 39.3 Å². The average molecular weight is 399 g/mol. The van der Waals surface area contributed by atoms with E-state index in [0.717, 1.165) is 24.8 Å². The van der Waals surface area contributed by atoms with Gasteiger partial charge in [-0.3, -0.25) is 4.79 Å². The number of hydrogen-bond donors (Lipinski definition) is 1. The minimum Gasteiger partial charge on any atom is -0.466 e. The van der Waals surface area contributed by atoms with Crippen molar-refractivity contribution in [1.82, 2.24) is 4.31 Å². The van der Waals surface area contributed by atoms with E-state index >= 15 is 0 Å². The molecule has 1 aromatic rings. The molecule has 0 aromatic heterocycles. The third kappa shape index (κ3) is 7.60. The van der Waals surface area contributed by atoms with Crippen molar-refractivity contribution < 1.29 is 17.9 Å². The normalized spacial score (nSPS) is 14.1. The minimum atomic E-state index is -3.76. The van der Waals surface area contributed by atoms with Crippen LogP contribution in [-0.4, -0.2) is 43.9 Å². The van der Waals surface area contributed by atoms with E-state index in [1.165, 1.54) is 4.31 Å². The molecule has 0 fully saturated rings. The second-order valence-electron chi connectivity index (χ2n) is 7.02. The first kappa shape index (κ1) is 23.6. The number of unbranched alkanes of at least 4 members (excludes halogenated alkanes) is 2. The number of ether oxygens (including phenoxy) is 1. The molecule has 27 heavy (non-hydrogen) atoms. The van der Waals surface area contributed by atoms with Crippen LogP contribution in [0.3, 0.4) is 0 Å². The molecule has 0 radical (unpaired) electrons. The summed E-state index contributed by atoms with van der Waals surface area (Å²) in [6.45, 7) is 7.94. The number of hydrogen-bond acceptors (Lipinski definition) is 5. The quantitative estimate of drug-likeness (QED) is 0.431. The molecule has 0 aliphatic rings. The Bertz CT molecular complexity index is 672. The van der Waals surface area contributed by atoms with Crippen molar-refractivity contribution in [3.63, 3.8) is 0 Å². The third-order valence-electron chi connectivity index (χ3n) is 4.35. The molecule has 0 spiro atoms. The molecule has 1 unspecified atom stereocenters. The molecule has 0 bridgehead atoms. The molecular weight excluding hydrogens is 364 g/mol. The zero-order chi connectivity index (χ0) is 20.4. The van der Waals surface area contributed by atoms with Crippen molar-refractivity contribution >= 4 is 16.0 Å². The van der Waals surface area contributed by atoms with Gasteiger partial charge in [0.1, 0.15) is 0 Å². The SMILES string of the molecule is CCCCC[C@H](CC(=O)OCC)N(CC(C)N)S(=O)(=O)c1ccc(C)cc1. The largest absolute Gasteiger partial charge is 0.466 e. The van der Waals surface area contributed by atoms with Crippen LogP contribution in [0.25, 0.3) is 0 Å². The van der Waals surface area contributed by atoms with Gasteiger partial charge in [0.15, 0.2) is 0 Å². The molecule has 2 N–H and O–H groups in total. The van der Waals surface area contributed by atoms with Crippen molar-refractivity contribution in [3.05, 3.63) is 29.8 Å². The first-order valence-corrected chi connectivity index (χ1v) is 11.2. The predicted molar refractivity (Wildman–Crippen MR) is 108 cm³/mol. The third-order valence-corrected chi connectivity index (χ3v) is 6.28. The van der Waals surface area contributed by atoms with Crippen molar-refractivity contribution in [2.45, 2.75) is 76.8 Å². The summed E-state index contributed by atoms with van der Waals surface area (Å²) >= 11 is 0. The summed E-state index contributed by atoms with van der Waals surface area (Å²) in [7, 11) is -3.76. The summed E-state index contributed by atoms with van der Waals surface area (Å²) in [5.41, 5.74) is 6.94. The Kier molecular flexibility index (Phi) is 9.98. The Morgan fingerprint density at radius 2 is 1.81 bits per heavy atom. The second-order valence-corrected chi connectivity index (χ2v) is 8.91. The van der Waals surface area contributed by atoms with E-state index in [9.17, 15) is 13.2 Å². The molecule has 0 saturated carbocycles. The number of esters is 1. The molecule has 0 aliphatic carbocycles. The fourth-order valence-electron chi connectivity index (χ4n) is 2.96. The molecule has 1 rings (SSSR count). The van der Waals surface area contributed by atoms with Gasteiger partial charge in [-0.25, -0.2) is 8.42 Å². The Hall–Kier alpha value is -1.44. The highest BCUT2D eigenvalue weighted by molar-refractivity contribution is 7.89. The standard InChI is InChI=1S/C20H34N2O4S/c1-5-7-8-9-18(14-20(23)26-6-2)22(15-17(4)21)27(24,25)19-12-10-16(3)11-13-19/h10-13,17-18H,5-9,14-15,21H2,1-4H3/t17?,18-/m1/s1. The van der Waals surface area contributed by atoms with Crippen molar-refractivity contribution in [3.8, 4) is 0 Å². The van der Waals surface area contributed by atoms with Gasteiger partial charge >= 0.3 is 5.97 Å². The highest BCUT2D eigenvalue weighted by atomic mass is 32.2. The summed E-state index contributed by atoms with van der Waals surface area (Å²) in [4.78, 5) is 12.3. The highest BCUT2D eigenvalue weighted by Crippen LogP contribution is 2.24. The van der Waals surface area contributed by atoms with Crippen LogP contribution in [0.5, 0.6) is 0 Å².